The SMILES string of the molecule is c1ccc(-c2cc3ccccc3nc2SOSc2nc3ccccc3cc2-c2ccccc2)cc1. The minimum Gasteiger partial charge on any atom is -0.238 e. The van der Waals surface area contributed by atoms with Gasteiger partial charge in [0.05, 0.1) is 35.1 Å². The monoisotopic (exact) mass is 488 g/mol. The lowest BCUT2D eigenvalue weighted by molar-refractivity contribution is 0.749. The molecule has 0 spiro atoms. The molecular formula is C30H20N2OS2. The van der Waals surface area contributed by atoms with Gasteiger partial charge in [0.2, 0.25) is 0 Å². The molecule has 0 fully saturated rings. The fourth-order valence-electron chi connectivity index (χ4n) is 4.05. The molecule has 0 aliphatic heterocycles. The summed E-state index contributed by atoms with van der Waals surface area (Å²) in [5, 5.41) is 3.85. The summed E-state index contributed by atoms with van der Waals surface area (Å²) in [6.45, 7) is 0. The zero-order valence-electron chi connectivity index (χ0n) is 18.7. The smallest absolute Gasteiger partial charge is 0.133 e. The molecule has 0 saturated heterocycles. The predicted molar refractivity (Wildman–Crippen MR) is 147 cm³/mol. The molecule has 0 aliphatic carbocycles. The predicted octanol–water partition coefficient (Wildman–Crippen LogP) is 8.85. The van der Waals surface area contributed by atoms with E-state index in [0.717, 1.165) is 54.1 Å². The Hall–Kier alpha value is -3.64. The Balaban J connectivity index is 1.35. The van der Waals surface area contributed by atoms with Gasteiger partial charge in [-0.1, -0.05) is 97.1 Å². The molecule has 6 rings (SSSR count). The third-order valence-electron chi connectivity index (χ3n) is 5.77. The molecule has 0 aliphatic rings. The van der Waals surface area contributed by atoms with E-state index in [0.29, 0.717) is 0 Å². The molecule has 5 heteroatoms. The van der Waals surface area contributed by atoms with Crippen molar-refractivity contribution in [1.82, 2.24) is 9.97 Å². The van der Waals surface area contributed by atoms with Crippen LogP contribution in [0.1, 0.15) is 0 Å². The molecule has 0 bridgehead atoms. The normalized spacial score (nSPS) is 11.2. The van der Waals surface area contributed by atoms with Crippen LogP contribution >= 0.6 is 24.1 Å². The number of fused-ring (bicyclic) bond motifs is 2. The number of benzene rings is 4. The third-order valence-corrected chi connectivity index (χ3v) is 7.26. The number of nitrogens with zero attached hydrogens (tertiary/aromatic N) is 2. The maximum Gasteiger partial charge on any atom is 0.133 e. The fourth-order valence-corrected chi connectivity index (χ4v) is 5.51. The summed E-state index contributed by atoms with van der Waals surface area (Å²) in [6.07, 6.45) is 0. The molecular weight excluding hydrogens is 468 g/mol. The molecule has 0 saturated carbocycles. The number of rotatable bonds is 6. The van der Waals surface area contributed by atoms with Gasteiger partial charge in [-0.15, -0.1) is 0 Å². The molecule has 2 heterocycles. The van der Waals surface area contributed by atoms with E-state index in [2.05, 4.69) is 48.5 Å². The minimum absolute atomic E-state index is 0.824. The van der Waals surface area contributed by atoms with Gasteiger partial charge < -0.3 is 0 Å². The van der Waals surface area contributed by atoms with Crippen LogP contribution in [0, 0.1) is 0 Å². The van der Waals surface area contributed by atoms with Crippen molar-refractivity contribution < 1.29 is 3.63 Å². The summed E-state index contributed by atoms with van der Waals surface area (Å²) in [5.41, 5.74) is 6.19. The Morgan fingerprint density at radius 1 is 0.457 bits per heavy atom. The number of hydrogen-bond acceptors (Lipinski definition) is 5. The van der Waals surface area contributed by atoms with Crippen LogP contribution in [-0.2, 0) is 3.63 Å². The lowest BCUT2D eigenvalue weighted by Crippen LogP contribution is -1.91. The molecule has 168 valence electrons. The van der Waals surface area contributed by atoms with Crippen molar-refractivity contribution in [3.05, 3.63) is 121 Å². The van der Waals surface area contributed by atoms with Crippen molar-refractivity contribution in [1.29, 1.82) is 0 Å². The Bertz CT molecular complexity index is 1500. The Morgan fingerprint density at radius 2 is 0.857 bits per heavy atom. The van der Waals surface area contributed by atoms with Crippen LogP contribution in [-0.4, -0.2) is 9.97 Å². The Kier molecular flexibility index (Phi) is 6.20. The van der Waals surface area contributed by atoms with Gasteiger partial charge in [-0.25, -0.2) is 13.6 Å². The second kappa shape index (κ2) is 9.92. The number of pyridine rings is 2. The van der Waals surface area contributed by atoms with Crippen molar-refractivity contribution in [2.24, 2.45) is 0 Å². The molecule has 35 heavy (non-hydrogen) atoms. The van der Waals surface area contributed by atoms with Crippen LogP contribution in [0.25, 0.3) is 44.1 Å². The average Bonchev–Trinajstić information content (AvgIpc) is 2.93. The quantitative estimate of drug-likeness (QED) is 0.219. The molecule has 6 aromatic rings. The molecule has 3 nitrogen and oxygen atoms in total. The first kappa shape index (κ1) is 21.9. The molecule has 0 N–H and O–H groups in total. The standard InChI is InChI=1S/C30H20N2OS2/c1-3-11-21(12-4-1)25-19-23-15-7-9-17-27(23)31-29(25)34-33-35-30-26(22-13-5-2-6-14-22)20-24-16-8-10-18-28(24)32-30/h1-20H. The van der Waals surface area contributed by atoms with Gasteiger partial charge in [0.1, 0.15) is 10.1 Å². The lowest BCUT2D eigenvalue weighted by Gasteiger charge is -2.12. The Morgan fingerprint density at radius 3 is 1.31 bits per heavy atom. The van der Waals surface area contributed by atoms with E-state index in [9.17, 15) is 0 Å². The molecule has 2 aromatic heterocycles. The van der Waals surface area contributed by atoms with Crippen molar-refractivity contribution >= 4 is 45.9 Å². The summed E-state index contributed by atoms with van der Waals surface area (Å²) in [7, 11) is 0. The second-order valence-corrected chi connectivity index (χ2v) is 9.69. The molecule has 0 amide bonds. The van der Waals surface area contributed by atoms with Crippen molar-refractivity contribution in [3.8, 4) is 22.3 Å². The first-order chi connectivity index (χ1) is 17.3. The van der Waals surface area contributed by atoms with E-state index in [1.807, 2.05) is 72.8 Å². The Labute approximate surface area is 212 Å². The third kappa shape index (κ3) is 4.66. The number of hydrogen-bond donors (Lipinski definition) is 0. The summed E-state index contributed by atoms with van der Waals surface area (Å²) < 4.78 is 6.14. The van der Waals surface area contributed by atoms with Crippen LogP contribution in [0.5, 0.6) is 0 Å². The average molecular weight is 489 g/mol. The second-order valence-electron chi connectivity index (χ2n) is 8.03. The largest absolute Gasteiger partial charge is 0.238 e. The van der Waals surface area contributed by atoms with Crippen LogP contribution in [0.2, 0.25) is 0 Å². The first-order valence-corrected chi connectivity index (χ1v) is 12.7. The fraction of sp³-hybridized carbons (Fsp3) is 0. The van der Waals surface area contributed by atoms with E-state index in [4.69, 9.17) is 13.6 Å². The maximum atomic E-state index is 6.14. The van der Waals surface area contributed by atoms with Gasteiger partial charge in [0.25, 0.3) is 0 Å². The van der Waals surface area contributed by atoms with Gasteiger partial charge in [-0.2, -0.15) is 0 Å². The summed E-state index contributed by atoms with van der Waals surface area (Å²) in [4.78, 5) is 9.83. The van der Waals surface area contributed by atoms with Gasteiger partial charge in [-0.3, -0.25) is 0 Å². The molecule has 0 radical (unpaired) electrons. The highest BCUT2D eigenvalue weighted by Crippen LogP contribution is 2.39. The highest BCUT2D eigenvalue weighted by Gasteiger charge is 2.14. The van der Waals surface area contributed by atoms with E-state index in [1.54, 1.807) is 0 Å². The molecule has 0 unspecified atom stereocenters. The summed E-state index contributed by atoms with van der Waals surface area (Å²) >= 11 is 2.55. The van der Waals surface area contributed by atoms with Gasteiger partial charge in [-0.05, 0) is 35.4 Å². The van der Waals surface area contributed by atoms with Gasteiger partial charge in [0.15, 0.2) is 0 Å². The highest BCUT2D eigenvalue weighted by molar-refractivity contribution is 8.08. The first-order valence-electron chi connectivity index (χ1n) is 11.3. The summed E-state index contributed by atoms with van der Waals surface area (Å²) in [6, 6.07) is 41.3. The van der Waals surface area contributed by atoms with Crippen LogP contribution in [0.4, 0.5) is 0 Å². The van der Waals surface area contributed by atoms with Crippen molar-refractivity contribution in [3.63, 3.8) is 0 Å². The van der Waals surface area contributed by atoms with E-state index < -0.39 is 0 Å². The zero-order valence-corrected chi connectivity index (χ0v) is 20.3. The highest BCUT2D eigenvalue weighted by atomic mass is 32.2. The zero-order chi connectivity index (χ0) is 23.5. The lowest BCUT2D eigenvalue weighted by atomic mass is 10.1. The summed E-state index contributed by atoms with van der Waals surface area (Å²) in [5.74, 6) is 0. The van der Waals surface area contributed by atoms with E-state index in [-0.39, 0.29) is 0 Å². The molecule has 4 aromatic carbocycles. The van der Waals surface area contributed by atoms with E-state index in [1.165, 1.54) is 24.1 Å². The topological polar surface area (TPSA) is 35.0 Å². The number of para-hydroxylation sites is 2. The van der Waals surface area contributed by atoms with Gasteiger partial charge in [0, 0.05) is 21.9 Å². The van der Waals surface area contributed by atoms with Crippen molar-refractivity contribution in [2.45, 2.75) is 10.1 Å². The van der Waals surface area contributed by atoms with Crippen LogP contribution < -0.4 is 0 Å². The van der Waals surface area contributed by atoms with Crippen LogP contribution in [0.3, 0.4) is 0 Å². The maximum absolute atomic E-state index is 6.14. The van der Waals surface area contributed by atoms with E-state index >= 15 is 0 Å². The minimum atomic E-state index is 0.824. The van der Waals surface area contributed by atoms with Gasteiger partial charge >= 0.3 is 0 Å². The molecule has 0 atom stereocenters. The number of aromatic nitrogens is 2. The van der Waals surface area contributed by atoms with Crippen molar-refractivity contribution in [2.75, 3.05) is 0 Å². The van der Waals surface area contributed by atoms with Crippen LogP contribution in [0.15, 0.2) is 131 Å².